The Kier molecular flexibility index (Phi) is 4.92. The van der Waals surface area contributed by atoms with E-state index >= 15 is 0 Å². The summed E-state index contributed by atoms with van der Waals surface area (Å²) in [5.74, 6) is -5.56. The van der Waals surface area contributed by atoms with Crippen molar-refractivity contribution in [2.75, 3.05) is 19.1 Å². The number of ether oxygens (including phenoxy) is 2. The highest BCUT2D eigenvalue weighted by molar-refractivity contribution is 6.30. The fraction of sp³-hybridized carbons (Fsp3) is 0.368. The van der Waals surface area contributed by atoms with Gasteiger partial charge in [-0.05, 0) is 38.1 Å². The summed E-state index contributed by atoms with van der Waals surface area (Å²) < 4.78 is 9.73. The van der Waals surface area contributed by atoms with Crippen molar-refractivity contribution in [3.8, 4) is 0 Å². The first-order valence-corrected chi connectivity index (χ1v) is 8.94. The minimum absolute atomic E-state index is 0.0652. The van der Waals surface area contributed by atoms with E-state index in [4.69, 9.17) is 21.1 Å². The van der Waals surface area contributed by atoms with Crippen LogP contribution < -0.4 is 10.2 Å². The predicted molar refractivity (Wildman–Crippen MR) is 101 cm³/mol. The SMILES string of the molecule is COC(=O)C1[C@@]2(C(=O)OC)C(C(C)=O)=C(C)N[C@]1(O)C(=O)N2c1ccc(Cl)cc1. The topological polar surface area (TPSA) is 122 Å². The minimum atomic E-state index is -2.54. The molecule has 1 amide bonds. The van der Waals surface area contributed by atoms with E-state index in [1.54, 1.807) is 0 Å². The van der Waals surface area contributed by atoms with Crippen molar-refractivity contribution in [1.29, 1.82) is 0 Å². The Morgan fingerprint density at radius 1 is 1.17 bits per heavy atom. The monoisotopic (exact) mass is 422 g/mol. The number of carbonyl (C=O) groups excluding carboxylic acids is 4. The number of nitrogens with zero attached hydrogens (tertiary/aromatic N) is 1. The Labute approximate surface area is 171 Å². The molecule has 10 heteroatoms. The number of anilines is 1. The maximum Gasteiger partial charge on any atom is 0.338 e. The van der Waals surface area contributed by atoms with E-state index in [-0.39, 0.29) is 17.0 Å². The van der Waals surface area contributed by atoms with Crippen molar-refractivity contribution in [1.82, 2.24) is 5.32 Å². The average molecular weight is 423 g/mol. The summed E-state index contributed by atoms with van der Waals surface area (Å²) in [5, 5.41) is 14.1. The second-order valence-corrected chi connectivity index (χ2v) is 7.22. The third-order valence-electron chi connectivity index (χ3n) is 5.22. The Morgan fingerprint density at radius 3 is 2.24 bits per heavy atom. The quantitative estimate of drug-likeness (QED) is 0.674. The highest BCUT2D eigenvalue weighted by Crippen LogP contribution is 2.53. The average Bonchev–Trinajstić information content (AvgIpc) is 2.81. The van der Waals surface area contributed by atoms with E-state index < -0.39 is 40.8 Å². The second kappa shape index (κ2) is 6.85. The van der Waals surface area contributed by atoms with Gasteiger partial charge in [0, 0.05) is 16.4 Å². The zero-order valence-electron chi connectivity index (χ0n) is 16.1. The van der Waals surface area contributed by atoms with E-state index in [0.29, 0.717) is 5.02 Å². The van der Waals surface area contributed by atoms with Crippen LogP contribution in [0.1, 0.15) is 13.8 Å². The normalized spacial score (nSPS) is 28.1. The fourth-order valence-electron chi connectivity index (χ4n) is 4.27. The molecule has 2 heterocycles. The standard InChI is InChI=1S/C19H19ClN2O7/c1-9-13(10(2)23)18(17(26)29-4)14(15(24)28-3)19(27,21-9)16(25)22(18)12-7-5-11(20)6-8-12/h5-8,14,21,27H,1-4H3/t14?,18-,19-/m1/s1. The number of halogens is 1. The summed E-state index contributed by atoms with van der Waals surface area (Å²) in [6.07, 6.45) is 0. The number of carbonyl (C=O) groups is 4. The van der Waals surface area contributed by atoms with Gasteiger partial charge in [0.05, 0.1) is 19.8 Å². The highest BCUT2D eigenvalue weighted by Gasteiger charge is 2.78. The molecule has 3 atom stereocenters. The van der Waals surface area contributed by atoms with Gasteiger partial charge in [-0.1, -0.05) is 11.6 Å². The number of hydrogen-bond acceptors (Lipinski definition) is 8. The molecule has 2 bridgehead atoms. The Bertz CT molecular complexity index is 958. The van der Waals surface area contributed by atoms with Crippen molar-refractivity contribution in [2.45, 2.75) is 25.1 Å². The first kappa shape index (κ1) is 20.8. The molecule has 0 aliphatic carbocycles. The number of methoxy groups -OCH3 is 2. The number of Topliss-reactive ketones (excluding diaryl/α,β-unsaturated/α-hetero) is 1. The van der Waals surface area contributed by atoms with Gasteiger partial charge >= 0.3 is 11.9 Å². The molecule has 0 spiro atoms. The molecule has 154 valence electrons. The Balaban J connectivity index is 2.47. The van der Waals surface area contributed by atoms with Crippen LogP contribution in [0.4, 0.5) is 5.69 Å². The lowest BCUT2D eigenvalue weighted by molar-refractivity contribution is -0.169. The summed E-state index contributed by atoms with van der Waals surface area (Å²) in [5.41, 5.74) is -4.81. The molecule has 2 aliphatic rings. The first-order chi connectivity index (χ1) is 13.6. The first-order valence-electron chi connectivity index (χ1n) is 8.56. The zero-order chi connectivity index (χ0) is 21.7. The molecule has 0 aromatic heterocycles. The number of allylic oxidation sites excluding steroid dienone is 1. The van der Waals surface area contributed by atoms with Gasteiger partial charge in [-0.15, -0.1) is 0 Å². The number of esters is 2. The van der Waals surface area contributed by atoms with E-state index in [1.165, 1.54) is 38.1 Å². The van der Waals surface area contributed by atoms with Crippen molar-refractivity contribution < 1.29 is 33.8 Å². The van der Waals surface area contributed by atoms with Gasteiger partial charge in [0.25, 0.3) is 5.91 Å². The van der Waals surface area contributed by atoms with Gasteiger partial charge in [0.15, 0.2) is 17.2 Å². The van der Waals surface area contributed by atoms with Gasteiger partial charge in [0.2, 0.25) is 5.72 Å². The number of hydrogen-bond donors (Lipinski definition) is 2. The molecular weight excluding hydrogens is 404 g/mol. The summed E-state index contributed by atoms with van der Waals surface area (Å²) in [7, 11) is 2.11. The maximum atomic E-state index is 13.4. The maximum absolute atomic E-state index is 13.4. The van der Waals surface area contributed by atoms with E-state index in [1.807, 2.05) is 0 Å². The van der Waals surface area contributed by atoms with Crippen LogP contribution in [0.3, 0.4) is 0 Å². The number of ketones is 1. The molecule has 2 aliphatic heterocycles. The van der Waals surface area contributed by atoms with Crippen LogP contribution >= 0.6 is 11.6 Å². The van der Waals surface area contributed by atoms with Crippen LogP contribution in [0.5, 0.6) is 0 Å². The smallest absolute Gasteiger partial charge is 0.338 e. The third kappa shape index (κ3) is 2.57. The number of benzene rings is 1. The predicted octanol–water partition coefficient (Wildman–Crippen LogP) is 0.542. The molecule has 9 nitrogen and oxygen atoms in total. The zero-order valence-corrected chi connectivity index (χ0v) is 16.9. The van der Waals surface area contributed by atoms with Crippen LogP contribution in [0.25, 0.3) is 0 Å². The van der Waals surface area contributed by atoms with Crippen molar-refractivity contribution >= 4 is 40.9 Å². The Hall–Kier alpha value is -2.91. The molecule has 1 unspecified atom stereocenters. The van der Waals surface area contributed by atoms with Crippen LogP contribution in [-0.4, -0.2) is 54.2 Å². The molecule has 0 radical (unpaired) electrons. The molecule has 3 rings (SSSR count). The highest BCUT2D eigenvalue weighted by atomic mass is 35.5. The summed E-state index contributed by atoms with van der Waals surface area (Å²) in [6, 6.07) is 5.78. The molecule has 1 fully saturated rings. The van der Waals surface area contributed by atoms with Crippen molar-refractivity contribution in [3.05, 3.63) is 40.6 Å². The van der Waals surface area contributed by atoms with Crippen molar-refractivity contribution in [3.63, 3.8) is 0 Å². The van der Waals surface area contributed by atoms with Crippen LogP contribution in [0.2, 0.25) is 5.02 Å². The molecular formula is C19H19ClN2O7. The summed E-state index contributed by atoms with van der Waals surface area (Å²) in [6.45, 7) is 2.61. The van der Waals surface area contributed by atoms with Crippen LogP contribution in [0, 0.1) is 5.92 Å². The molecule has 1 aromatic carbocycles. The number of rotatable bonds is 4. The second-order valence-electron chi connectivity index (χ2n) is 6.78. The van der Waals surface area contributed by atoms with Gasteiger partial charge < -0.3 is 19.9 Å². The number of nitrogens with one attached hydrogen (secondary N) is 1. The van der Waals surface area contributed by atoms with E-state index in [0.717, 1.165) is 19.1 Å². The third-order valence-corrected chi connectivity index (χ3v) is 5.47. The number of amides is 1. The molecule has 2 N–H and O–H groups in total. The van der Waals surface area contributed by atoms with Crippen molar-refractivity contribution in [2.24, 2.45) is 5.92 Å². The fourth-order valence-corrected chi connectivity index (χ4v) is 4.40. The number of aliphatic hydroxyl groups is 1. The summed E-state index contributed by atoms with van der Waals surface area (Å²) in [4.78, 5) is 52.9. The molecule has 1 saturated heterocycles. The largest absolute Gasteiger partial charge is 0.469 e. The lowest BCUT2D eigenvalue weighted by Gasteiger charge is -2.43. The lowest BCUT2D eigenvalue weighted by atomic mass is 9.70. The summed E-state index contributed by atoms with van der Waals surface area (Å²) >= 11 is 5.93. The van der Waals surface area contributed by atoms with Gasteiger partial charge in [-0.3, -0.25) is 19.3 Å². The minimum Gasteiger partial charge on any atom is -0.469 e. The number of fused-ring (bicyclic) bond motifs is 2. The van der Waals surface area contributed by atoms with Crippen LogP contribution in [-0.2, 0) is 28.7 Å². The van der Waals surface area contributed by atoms with E-state index in [2.05, 4.69) is 5.32 Å². The molecule has 0 saturated carbocycles. The molecule has 29 heavy (non-hydrogen) atoms. The van der Waals surface area contributed by atoms with Gasteiger partial charge in [-0.2, -0.15) is 0 Å². The lowest BCUT2D eigenvalue weighted by Crippen LogP contribution is -2.67. The van der Waals surface area contributed by atoms with Gasteiger partial charge in [-0.25, -0.2) is 4.79 Å². The van der Waals surface area contributed by atoms with E-state index in [9.17, 15) is 24.3 Å². The van der Waals surface area contributed by atoms with Crippen LogP contribution in [0.15, 0.2) is 35.5 Å². The van der Waals surface area contributed by atoms with Gasteiger partial charge in [0.1, 0.15) is 0 Å². The Morgan fingerprint density at radius 2 is 1.76 bits per heavy atom. The molecule has 1 aromatic rings.